The highest BCUT2D eigenvalue weighted by molar-refractivity contribution is 5.93. The van der Waals surface area contributed by atoms with E-state index in [1.807, 2.05) is 6.92 Å². The lowest BCUT2D eigenvalue weighted by molar-refractivity contribution is -0.153. The third kappa shape index (κ3) is 5.26. The standard InChI is InChI=1S/C17H23F3N2O3/c1-16(21)8-4-3-5-12(16)15(23)22-11-6-7-13(24-2)14(9-11)25-10-17(18,19)20/h6-7,9,12H,3-5,8,10,21H2,1-2H3,(H,22,23). The van der Waals surface area contributed by atoms with Crippen molar-refractivity contribution in [3.05, 3.63) is 18.2 Å². The van der Waals surface area contributed by atoms with E-state index in [-0.39, 0.29) is 23.3 Å². The fourth-order valence-electron chi connectivity index (χ4n) is 3.05. The first-order valence-electron chi connectivity index (χ1n) is 8.10. The number of alkyl halides is 3. The molecule has 8 heteroatoms. The molecule has 1 aliphatic carbocycles. The molecule has 1 saturated carbocycles. The lowest BCUT2D eigenvalue weighted by Gasteiger charge is -2.37. The first kappa shape index (κ1) is 19.4. The minimum absolute atomic E-state index is 0.0863. The van der Waals surface area contributed by atoms with Crippen LogP contribution in [0.3, 0.4) is 0 Å². The third-order valence-corrected chi connectivity index (χ3v) is 4.39. The van der Waals surface area contributed by atoms with Crippen LogP contribution in [0.25, 0.3) is 0 Å². The van der Waals surface area contributed by atoms with Crippen LogP contribution in [0, 0.1) is 5.92 Å². The van der Waals surface area contributed by atoms with Gasteiger partial charge in [0.05, 0.1) is 13.0 Å². The molecule has 5 nitrogen and oxygen atoms in total. The van der Waals surface area contributed by atoms with E-state index in [1.165, 1.54) is 19.2 Å². The summed E-state index contributed by atoms with van der Waals surface area (Å²) in [5.41, 5.74) is 5.96. The summed E-state index contributed by atoms with van der Waals surface area (Å²) in [6.45, 7) is 0.409. The molecule has 140 valence electrons. The molecule has 0 radical (unpaired) electrons. The molecule has 1 amide bonds. The average molecular weight is 360 g/mol. The van der Waals surface area contributed by atoms with E-state index in [9.17, 15) is 18.0 Å². The Bertz CT molecular complexity index is 618. The van der Waals surface area contributed by atoms with Gasteiger partial charge in [0.25, 0.3) is 0 Å². The summed E-state index contributed by atoms with van der Waals surface area (Å²) in [4.78, 5) is 12.5. The smallest absolute Gasteiger partial charge is 0.422 e. The molecular formula is C17H23F3N2O3. The van der Waals surface area contributed by atoms with E-state index in [0.29, 0.717) is 12.1 Å². The number of hydrogen-bond donors (Lipinski definition) is 2. The summed E-state index contributed by atoms with van der Waals surface area (Å²) < 4.78 is 46.9. The van der Waals surface area contributed by atoms with Crippen molar-refractivity contribution in [2.24, 2.45) is 11.7 Å². The number of halogens is 3. The van der Waals surface area contributed by atoms with Gasteiger partial charge in [0.2, 0.25) is 5.91 Å². The Kier molecular flexibility index (Phi) is 5.82. The number of amides is 1. The van der Waals surface area contributed by atoms with Crippen LogP contribution >= 0.6 is 0 Å². The highest BCUT2D eigenvalue weighted by Gasteiger charge is 2.37. The van der Waals surface area contributed by atoms with Crippen LogP contribution in [0.4, 0.5) is 18.9 Å². The SMILES string of the molecule is COc1ccc(NC(=O)C2CCCCC2(C)N)cc1OCC(F)(F)F. The maximum Gasteiger partial charge on any atom is 0.422 e. The maximum absolute atomic E-state index is 12.5. The molecule has 3 N–H and O–H groups in total. The van der Waals surface area contributed by atoms with Crippen LogP contribution in [-0.4, -0.2) is 31.3 Å². The van der Waals surface area contributed by atoms with Crippen molar-refractivity contribution in [2.45, 2.75) is 44.3 Å². The number of benzene rings is 1. The summed E-state index contributed by atoms with van der Waals surface area (Å²) in [6, 6.07) is 4.32. The Morgan fingerprint density at radius 2 is 2.08 bits per heavy atom. The largest absolute Gasteiger partial charge is 0.493 e. The lowest BCUT2D eigenvalue weighted by atomic mass is 9.74. The Morgan fingerprint density at radius 3 is 2.68 bits per heavy atom. The lowest BCUT2D eigenvalue weighted by Crippen LogP contribution is -2.51. The van der Waals surface area contributed by atoms with E-state index in [0.717, 1.165) is 19.3 Å². The molecule has 0 spiro atoms. The fraction of sp³-hybridized carbons (Fsp3) is 0.588. The molecule has 1 aromatic rings. The Morgan fingerprint density at radius 1 is 1.36 bits per heavy atom. The van der Waals surface area contributed by atoms with Crippen molar-refractivity contribution < 1.29 is 27.4 Å². The molecule has 1 aliphatic rings. The summed E-state index contributed by atoms with van der Waals surface area (Å²) in [7, 11) is 1.33. The van der Waals surface area contributed by atoms with Crippen molar-refractivity contribution in [1.29, 1.82) is 0 Å². The molecule has 0 aromatic heterocycles. The number of nitrogens with two attached hydrogens (primary N) is 1. The minimum Gasteiger partial charge on any atom is -0.493 e. The number of nitrogens with one attached hydrogen (secondary N) is 1. The molecule has 0 saturated heterocycles. The van der Waals surface area contributed by atoms with Crippen molar-refractivity contribution in [1.82, 2.24) is 0 Å². The van der Waals surface area contributed by atoms with Gasteiger partial charge in [-0.1, -0.05) is 12.8 Å². The molecule has 2 unspecified atom stereocenters. The number of methoxy groups -OCH3 is 1. The first-order valence-corrected chi connectivity index (χ1v) is 8.10. The van der Waals surface area contributed by atoms with Crippen molar-refractivity contribution in [3.63, 3.8) is 0 Å². The predicted molar refractivity (Wildman–Crippen MR) is 87.7 cm³/mol. The van der Waals surface area contributed by atoms with Gasteiger partial charge in [-0.05, 0) is 31.9 Å². The Hall–Kier alpha value is -1.96. The van der Waals surface area contributed by atoms with E-state index >= 15 is 0 Å². The normalized spacial score (nSPS) is 23.8. The molecule has 0 heterocycles. The molecule has 1 aromatic carbocycles. The third-order valence-electron chi connectivity index (χ3n) is 4.39. The van der Waals surface area contributed by atoms with Crippen LogP contribution in [-0.2, 0) is 4.79 Å². The summed E-state index contributed by atoms with van der Waals surface area (Å²) >= 11 is 0. The predicted octanol–water partition coefficient (Wildman–Crippen LogP) is 3.48. The van der Waals surface area contributed by atoms with Crippen molar-refractivity contribution >= 4 is 11.6 Å². The number of carbonyl (C=O) groups excluding carboxylic acids is 1. The number of hydrogen-bond acceptors (Lipinski definition) is 4. The Labute approximate surface area is 144 Å². The number of ether oxygens (including phenoxy) is 2. The Balaban J connectivity index is 2.12. The molecule has 1 fully saturated rings. The number of carbonyl (C=O) groups is 1. The molecule has 0 aliphatic heterocycles. The van der Waals surface area contributed by atoms with Crippen LogP contribution in [0.5, 0.6) is 11.5 Å². The van der Waals surface area contributed by atoms with Crippen LogP contribution in [0.15, 0.2) is 18.2 Å². The van der Waals surface area contributed by atoms with Gasteiger partial charge in [0, 0.05) is 17.3 Å². The van der Waals surface area contributed by atoms with E-state index in [1.54, 1.807) is 6.07 Å². The van der Waals surface area contributed by atoms with Crippen LogP contribution in [0.1, 0.15) is 32.6 Å². The van der Waals surface area contributed by atoms with Gasteiger partial charge in [0.15, 0.2) is 18.1 Å². The van der Waals surface area contributed by atoms with Gasteiger partial charge in [0.1, 0.15) is 0 Å². The van der Waals surface area contributed by atoms with Crippen molar-refractivity contribution in [3.8, 4) is 11.5 Å². The molecular weight excluding hydrogens is 337 g/mol. The zero-order valence-electron chi connectivity index (χ0n) is 14.3. The van der Waals surface area contributed by atoms with E-state index in [2.05, 4.69) is 5.32 Å². The van der Waals surface area contributed by atoms with Gasteiger partial charge in [-0.3, -0.25) is 4.79 Å². The molecule has 25 heavy (non-hydrogen) atoms. The molecule has 2 atom stereocenters. The summed E-state index contributed by atoms with van der Waals surface area (Å²) in [6.07, 6.45) is -1.12. The van der Waals surface area contributed by atoms with Gasteiger partial charge < -0.3 is 20.5 Å². The molecule has 0 bridgehead atoms. The van der Waals surface area contributed by atoms with Gasteiger partial charge in [-0.15, -0.1) is 0 Å². The summed E-state index contributed by atoms with van der Waals surface area (Å²) in [5.74, 6) is -0.514. The quantitative estimate of drug-likeness (QED) is 0.843. The minimum atomic E-state index is -4.46. The zero-order chi connectivity index (χ0) is 18.7. The second-order valence-corrected chi connectivity index (χ2v) is 6.56. The number of rotatable bonds is 5. The second kappa shape index (κ2) is 7.51. The monoisotopic (exact) mass is 360 g/mol. The zero-order valence-corrected chi connectivity index (χ0v) is 14.3. The van der Waals surface area contributed by atoms with E-state index < -0.39 is 18.3 Å². The maximum atomic E-state index is 12.5. The topological polar surface area (TPSA) is 73.6 Å². The fourth-order valence-corrected chi connectivity index (χ4v) is 3.05. The van der Waals surface area contributed by atoms with Crippen LogP contribution < -0.4 is 20.5 Å². The first-order chi connectivity index (χ1) is 11.6. The van der Waals surface area contributed by atoms with Gasteiger partial charge in [-0.25, -0.2) is 0 Å². The molecule has 2 rings (SSSR count). The van der Waals surface area contributed by atoms with E-state index in [4.69, 9.17) is 15.2 Å². The second-order valence-electron chi connectivity index (χ2n) is 6.56. The average Bonchev–Trinajstić information content (AvgIpc) is 2.51. The summed E-state index contributed by atoms with van der Waals surface area (Å²) in [5, 5.41) is 2.72. The number of anilines is 1. The van der Waals surface area contributed by atoms with Crippen LogP contribution in [0.2, 0.25) is 0 Å². The highest BCUT2D eigenvalue weighted by Crippen LogP contribution is 2.34. The van der Waals surface area contributed by atoms with Gasteiger partial charge in [-0.2, -0.15) is 13.2 Å². The van der Waals surface area contributed by atoms with Crippen molar-refractivity contribution in [2.75, 3.05) is 19.0 Å². The van der Waals surface area contributed by atoms with Gasteiger partial charge >= 0.3 is 6.18 Å². The highest BCUT2D eigenvalue weighted by atomic mass is 19.4.